The number of benzene rings is 2. The van der Waals surface area contributed by atoms with Crippen LogP contribution >= 0.6 is 0 Å². The summed E-state index contributed by atoms with van der Waals surface area (Å²) in [5.41, 5.74) is -3.11. The van der Waals surface area contributed by atoms with Crippen molar-refractivity contribution in [2.75, 3.05) is 6.54 Å². The minimum absolute atomic E-state index is 0.0173. The Balaban J connectivity index is 1.12. The van der Waals surface area contributed by atoms with E-state index in [0.717, 1.165) is 55.9 Å². The zero-order valence-corrected chi connectivity index (χ0v) is 40.0. The highest BCUT2D eigenvalue weighted by Gasteiger charge is 2.54. The number of alkyl halides is 3. The van der Waals surface area contributed by atoms with Crippen molar-refractivity contribution in [3.05, 3.63) is 69.8 Å². The van der Waals surface area contributed by atoms with E-state index in [9.17, 15) is 32.3 Å². The zero-order valence-electron chi connectivity index (χ0n) is 40.0. The number of carbonyl (C=O) groups is 4. The molecule has 5 unspecified atom stereocenters. The number of rotatable bonds is 30. The van der Waals surface area contributed by atoms with E-state index in [-0.39, 0.29) is 39.9 Å². The maximum atomic E-state index is 15.0. The molecule has 9 heteroatoms. The first-order chi connectivity index (χ1) is 30.9. The number of amides is 4. The molecule has 0 bridgehead atoms. The highest BCUT2D eigenvalue weighted by molar-refractivity contribution is 6.22. The molecule has 5 atom stereocenters. The molecule has 1 aliphatic carbocycles. The zero-order chi connectivity index (χ0) is 46.1. The molecule has 64 heavy (non-hydrogen) atoms. The highest BCUT2D eigenvalue weighted by atomic mass is 19.4. The summed E-state index contributed by atoms with van der Waals surface area (Å²) < 4.78 is 44.9. The van der Waals surface area contributed by atoms with Gasteiger partial charge >= 0.3 is 6.18 Å². The van der Waals surface area contributed by atoms with Crippen molar-refractivity contribution in [3.63, 3.8) is 0 Å². The molecule has 1 N–H and O–H groups in total. The number of unbranched alkanes of at least 4 members (excludes halogenated alkanes) is 18. The Morgan fingerprint density at radius 2 is 0.891 bits per heavy atom. The van der Waals surface area contributed by atoms with E-state index in [1.54, 1.807) is 0 Å². The normalized spacial score (nSPS) is 20.8. The van der Waals surface area contributed by atoms with Crippen LogP contribution in [0.4, 0.5) is 13.2 Å². The van der Waals surface area contributed by atoms with Gasteiger partial charge in [-0.05, 0) is 98.1 Å². The third kappa shape index (κ3) is 13.1. The molecule has 1 fully saturated rings. The van der Waals surface area contributed by atoms with Gasteiger partial charge in [0.25, 0.3) is 23.6 Å². The fourth-order valence-corrected chi connectivity index (χ4v) is 11.5. The molecule has 0 saturated heterocycles. The van der Waals surface area contributed by atoms with Gasteiger partial charge in [0.15, 0.2) is 0 Å². The van der Waals surface area contributed by atoms with Crippen molar-refractivity contribution in [1.29, 1.82) is 0 Å². The maximum absolute atomic E-state index is 15.0. The quantitative estimate of drug-likeness (QED) is 0.0625. The second kappa shape index (κ2) is 25.4. The number of nitrogens with one attached hydrogen (secondary N) is 1. The van der Waals surface area contributed by atoms with Crippen molar-refractivity contribution in [2.24, 2.45) is 23.7 Å². The molecule has 356 valence electrons. The Hall–Kier alpha value is -3.49. The lowest BCUT2D eigenvalue weighted by Gasteiger charge is -2.44. The molecule has 4 amide bonds. The van der Waals surface area contributed by atoms with E-state index in [0.29, 0.717) is 6.42 Å². The van der Waals surface area contributed by atoms with E-state index in [2.05, 4.69) is 26.1 Å². The summed E-state index contributed by atoms with van der Waals surface area (Å²) in [4.78, 5) is 52.5. The third-order valence-electron chi connectivity index (χ3n) is 15.5. The molecule has 0 aromatic heterocycles. The minimum Gasteiger partial charge on any atom is -0.288 e. The van der Waals surface area contributed by atoms with Gasteiger partial charge in [-0.15, -0.1) is 0 Å². The standard InChI is InChI=1S/C55H81F3N2O4/c1-5-8-11-14-19-24-29-44-40(27-22-13-10-7-3)31-32-41(45(44)30-25-20-15-12-9-6-2)28-23-18-16-17-21-26-37-60-52(63)47-36-34-43(39-49(47)53(60)64)54(4,55(56,57)58)42-33-35-46-48(38-42)51(62)59-50(46)61/h33-36,38-41,44-45H,5-32,37H2,1-4H3,(H,59,61,62). The topological polar surface area (TPSA) is 83.6 Å². The second-order valence-electron chi connectivity index (χ2n) is 20.0. The lowest BCUT2D eigenvalue weighted by Crippen LogP contribution is -2.41. The van der Waals surface area contributed by atoms with E-state index in [4.69, 9.17) is 0 Å². The van der Waals surface area contributed by atoms with Crippen molar-refractivity contribution < 1.29 is 32.3 Å². The van der Waals surface area contributed by atoms with E-state index >= 15 is 0 Å². The summed E-state index contributed by atoms with van der Waals surface area (Å²) in [5.74, 6) is 1.06. The van der Waals surface area contributed by atoms with Gasteiger partial charge in [0, 0.05) is 6.54 Å². The van der Waals surface area contributed by atoms with Crippen LogP contribution in [0, 0.1) is 23.7 Å². The number of imide groups is 2. The van der Waals surface area contributed by atoms with Crippen LogP contribution in [0.5, 0.6) is 0 Å². The predicted molar refractivity (Wildman–Crippen MR) is 253 cm³/mol. The van der Waals surface area contributed by atoms with Crippen molar-refractivity contribution >= 4 is 23.6 Å². The Morgan fingerprint density at radius 3 is 1.39 bits per heavy atom. The van der Waals surface area contributed by atoms with Gasteiger partial charge in [0.1, 0.15) is 5.41 Å². The number of hydrogen-bond acceptors (Lipinski definition) is 4. The van der Waals surface area contributed by atoms with Gasteiger partial charge in [-0.2, -0.15) is 13.2 Å². The van der Waals surface area contributed by atoms with Crippen LogP contribution in [0.3, 0.4) is 0 Å². The van der Waals surface area contributed by atoms with Gasteiger partial charge in [-0.3, -0.25) is 29.4 Å². The van der Waals surface area contributed by atoms with Crippen LogP contribution in [-0.2, 0) is 5.41 Å². The average molecular weight is 891 g/mol. The van der Waals surface area contributed by atoms with Crippen molar-refractivity contribution in [2.45, 2.75) is 219 Å². The molecule has 6 nitrogen and oxygen atoms in total. The summed E-state index contributed by atoms with van der Waals surface area (Å²) in [6.07, 6.45) is 31.6. The van der Waals surface area contributed by atoms with Crippen LogP contribution in [0.15, 0.2) is 36.4 Å². The van der Waals surface area contributed by atoms with Crippen LogP contribution in [0.25, 0.3) is 0 Å². The van der Waals surface area contributed by atoms with E-state index in [1.165, 1.54) is 189 Å². The first kappa shape index (κ1) is 51.5. The summed E-state index contributed by atoms with van der Waals surface area (Å²) in [6, 6.07) is 7.24. The SMILES string of the molecule is CCCCCCCCC1C(CCCCCC)CCC(CCCCCCCCN2C(=O)c3ccc(C(C)(c4ccc5c(c4)C(=O)NC5=O)C(F)(F)F)cc3C2=O)C1CCCCCCCC. The van der Waals surface area contributed by atoms with Crippen molar-refractivity contribution in [3.8, 4) is 0 Å². The Bertz CT molecular complexity index is 1820. The van der Waals surface area contributed by atoms with Gasteiger partial charge in [-0.25, -0.2) is 0 Å². The molecule has 2 aliphatic heterocycles. The minimum atomic E-state index is -4.82. The molecule has 2 aromatic carbocycles. The molecular weight excluding hydrogens is 810 g/mol. The summed E-state index contributed by atoms with van der Waals surface area (Å²) in [6.45, 7) is 8.14. The summed E-state index contributed by atoms with van der Waals surface area (Å²) in [5, 5.41) is 2.12. The number of carbonyl (C=O) groups excluding carboxylic acids is 4. The van der Waals surface area contributed by atoms with Crippen LogP contribution in [-0.4, -0.2) is 41.2 Å². The molecule has 5 rings (SSSR count). The lowest BCUT2D eigenvalue weighted by molar-refractivity contribution is -0.173. The molecule has 0 radical (unpaired) electrons. The number of nitrogens with zero attached hydrogens (tertiary/aromatic N) is 1. The maximum Gasteiger partial charge on any atom is 0.402 e. The van der Waals surface area contributed by atoms with E-state index in [1.807, 2.05) is 0 Å². The fraction of sp³-hybridized carbons (Fsp3) is 0.709. The first-order valence-corrected chi connectivity index (χ1v) is 25.9. The Kier molecular flexibility index (Phi) is 20.5. The van der Waals surface area contributed by atoms with Gasteiger partial charge in [0.2, 0.25) is 0 Å². The van der Waals surface area contributed by atoms with Gasteiger partial charge < -0.3 is 0 Å². The molecule has 0 spiro atoms. The smallest absolute Gasteiger partial charge is 0.288 e. The van der Waals surface area contributed by atoms with Gasteiger partial charge in [0.05, 0.1) is 22.3 Å². The second-order valence-corrected chi connectivity index (χ2v) is 20.0. The highest BCUT2D eigenvalue weighted by Crippen LogP contribution is 2.49. The molecule has 3 aliphatic rings. The summed E-state index contributed by atoms with van der Waals surface area (Å²) >= 11 is 0. The fourth-order valence-electron chi connectivity index (χ4n) is 11.5. The van der Waals surface area contributed by atoms with Crippen molar-refractivity contribution in [1.82, 2.24) is 10.2 Å². The average Bonchev–Trinajstić information content (AvgIpc) is 3.70. The van der Waals surface area contributed by atoms with E-state index < -0.39 is 35.2 Å². The van der Waals surface area contributed by atoms with Crippen LogP contribution in [0.2, 0.25) is 0 Å². The van der Waals surface area contributed by atoms with Gasteiger partial charge in [-0.1, -0.05) is 181 Å². The summed E-state index contributed by atoms with van der Waals surface area (Å²) in [7, 11) is 0. The Labute approximate surface area is 384 Å². The number of hydrogen-bond donors (Lipinski definition) is 1. The predicted octanol–water partition coefficient (Wildman–Crippen LogP) is 15.5. The third-order valence-corrected chi connectivity index (χ3v) is 15.5. The number of halogens is 3. The molecule has 2 heterocycles. The monoisotopic (exact) mass is 891 g/mol. The molecule has 1 saturated carbocycles. The number of fused-ring (bicyclic) bond motifs is 2. The molecular formula is C55H81F3N2O4. The lowest BCUT2D eigenvalue weighted by atomic mass is 9.61. The first-order valence-electron chi connectivity index (χ1n) is 25.9. The largest absolute Gasteiger partial charge is 0.402 e. The Morgan fingerprint density at radius 1 is 0.500 bits per heavy atom. The van der Waals surface area contributed by atoms with Crippen LogP contribution in [0.1, 0.15) is 260 Å². The molecule has 2 aromatic rings. The van der Waals surface area contributed by atoms with Crippen LogP contribution < -0.4 is 5.32 Å².